The van der Waals surface area contributed by atoms with Gasteiger partial charge >= 0.3 is 5.97 Å². The molecule has 0 saturated carbocycles. The lowest BCUT2D eigenvalue weighted by atomic mass is 9.98. The molecule has 2 aromatic heterocycles. The molecule has 0 radical (unpaired) electrons. The summed E-state index contributed by atoms with van der Waals surface area (Å²) in [7, 11) is 0. The van der Waals surface area contributed by atoms with Crippen molar-refractivity contribution in [3.8, 4) is 0 Å². The zero-order chi connectivity index (χ0) is 16.3. The minimum absolute atomic E-state index is 0.152. The smallest absolute Gasteiger partial charge is 0.305 e. The molecule has 118 valence electrons. The highest BCUT2D eigenvalue weighted by Crippen LogP contribution is 2.26. The molecule has 0 aromatic carbocycles. The van der Waals surface area contributed by atoms with Gasteiger partial charge in [0.1, 0.15) is 5.76 Å². The van der Waals surface area contributed by atoms with Crippen LogP contribution in [0.3, 0.4) is 0 Å². The Kier molecular flexibility index (Phi) is 4.97. The van der Waals surface area contributed by atoms with Crippen LogP contribution in [0, 0.1) is 13.8 Å². The Morgan fingerprint density at radius 3 is 2.68 bits per heavy atom. The number of carboxylic acid groups (broad SMARTS) is 1. The second kappa shape index (κ2) is 6.74. The van der Waals surface area contributed by atoms with Crippen molar-refractivity contribution in [2.75, 3.05) is 0 Å². The van der Waals surface area contributed by atoms with Gasteiger partial charge in [-0.05, 0) is 32.2 Å². The van der Waals surface area contributed by atoms with Gasteiger partial charge in [0, 0.05) is 10.4 Å². The average Bonchev–Trinajstić information content (AvgIpc) is 3.07. The number of carbonyl (C=O) groups excluding carboxylic acids is 1. The Morgan fingerprint density at radius 1 is 1.45 bits per heavy atom. The molecule has 2 rings (SSSR count). The van der Waals surface area contributed by atoms with Gasteiger partial charge in [-0.2, -0.15) is 0 Å². The van der Waals surface area contributed by atoms with Gasteiger partial charge in [-0.25, -0.2) is 0 Å². The average molecular weight is 322 g/mol. The lowest BCUT2D eigenvalue weighted by Gasteiger charge is -2.19. The van der Waals surface area contributed by atoms with Crippen LogP contribution in [0.1, 0.15) is 47.2 Å². The number of carboxylic acids is 1. The maximum Gasteiger partial charge on any atom is 0.305 e. The minimum atomic E-state index is -0.955. The number of aryl methyl sites for hydroxylation is 2. The minimum Gasteiger partial charge on any atom is -0.481 e. The van der Waals surface area contributed by atoms with Crippen molar-refractivity contribution in [1.82, 2.24) is 10.5 Å². The normalized spacial score (nSPS) is 13.6. The number of hydrogen-bond donors (Lipinski definition) is 2. The van der Waals surface area contributed by atoms with Crippen LogP contribution in [0.5, 0.6) is 0 Å². The Hall–Kier alpha value is -2.15. The van der Waals surface area contributed by atoms with Crippen LogP contribution in [-0.2, 0) is 9.59 Å². The standard InChI is InChI=1S/C15H18N2O4S/c1-8(14-9(2)17-21-10(14)3)15(20)16-11(7-13(18)19)12-5-4-6-22-12/h4-6,8,11H,7H2,1-3H3,(H,16,20)(H,18,19). The van der Waals surface area contributed by atoms with Gasteiger partial charge in [0.2, 0.25) is 5.91 Å². The Labute approximate surface area is 132 Å². The highest BCUT2D eigenvalue weighted by molar-refractivity contribution is 7.10. The summed E-state index contributed by atoms with van der Waals surface area (Å²) >= 11 is 1.42. The van der Waals surface area contributed by atoms with Crippen molar-refractivity contribution in [3.05, 3.63) is 39.4 Å². The van der Waals surface area contributed by atoms with Gasteiger partial charge in [0.25, 0.3) is 0 Å². The SMILES string of the molecule is Cc1noc(C)c1C(C)C(=O)NC(CC(=O)O)c1cccs1. The van der Waals surface area contributed by atoms with Crippen LogP contribution in [-0.4, -0.2) is 22.1 Å². The summed E-state index contributed by atoms with van der Waals surface area (Å²) in [6.45, 7) is 5.30. The molecule has 2 atom stereocenters. The van der Waals surface area contributed by atoms with E-state index < -0.39 is 17.9 Å². The summed E-state index contributed by atoms with van der Waals surface area (Å²) in [5, 5.41) is 17.6. The van der Waals surface area contributed by atoms with Gasteiger partial charge < -0.3 is 14.9 Å². The van der Waals surface area contributed by atoms with Gasteiger partial charge in [-0.1, -0.05) is 11.2 Å². The maximum atomic E-state index is 12.5. The molecular formula is C15H18N2O4S. The van der Waals surface area contributed by atoms with Crippen LogP contribution >= 0.6 is 11.3 Å². The lowest BCUT2D eigenvalue weighted by molar-refractivity contribution is -0.137. The number of rotatable bonds is 6. The third kappa shape index (κ3) is 3.54. The molecule has 0 fully saturated rings. The van der Waals surface area contributed by atoms with E-state index in [0.717, 1.165) is 10.4 Å². The molecule has 22 heavy (non-hydrogen) atoms. The fraction of sp³-hybridized carbons (Fsp3) is 0.400. The Morgan fingerprint density at radius 2 is 2.18 bits per heavy atom. The summed E-state index contributed by atoms with van der Waals surface area (Å²) < 4.78 is 5.09. The highest BCUT2D eigenvalue weighted by atomic mass is 32.1. The maximum absolute atomic E-state index is 12.5. The van der Waals surface area contributed by atoms with Gasteiger partial charge in [0.05, 0.1) is 24.1 Å². The number of nitrogens with one attached hydrogen (secondary N) is 1. The fourth-order valence-electron chi connectivity index (χ4n) is 2.42. The van der Waals surface area contributed by atoms with Crippen molar-refractivity contribution < 1.29 is 19.2 Å². The van der Waals surface area contributed by atoms with E-state index in [1.54, 1.807) is 20.8 Å². The molecule has 2 aromatic rings. The molecule has 1 amide bonds. The van der Waals surface area contributed by atoms with Crippen LogP contribution in [0.2, 0.25) is 0 Å². The second-order valence-corrected chi connectivity index (χ2v) is 6.11. The first-order valence-corrected chi connectivity index (χ1v) is 7.76. The van der Waals surface area contributed by atoms with E-state index in [0.29, 0.717) is 11.5 Å². The number of amides is 1. The number of thiophene rings is 1. The number of carbonyl (C=O) groups is 2. The third-order valence-electron chi connectivity index (χ3n) is 3.50. The summed E-state index contributed by atoms with van der Waals surface area (Å²) in [6.07, 6.45) is -0.152. The molecule has 0 spiro atoms. The number of aromatic nitrogens is 1. The molecule has 6 nitrogen and oxygen atoms in total. The zero-order valence-corrected chi connectivity index (χ0v) is 13.4. The summed E-state index contributed by atoms with van der Waals surface area (Å²) in [5.41, 5.74) is 1.42. The van der Waals surface area contributed by atoms with Crippen LogP contribution in [0.15, 0.2) is 22.0 Å². The van der Waals surface area contributed by atoms with E-state index >= 15 is 0 Å². The number of nitrogens with zero attached hydrogens (tertiary/aromatic N) is 1. The van der Waals surface area contributed by atoms with Crippen LogP contribution in [0.25, 0.3) is 0 Å². The van der Waals surface area contributed by atoms with Crippen LogP contribution < -0.4 is 5.32 Å². The quantitative estimate of drug-likeness (QED) is 0.853. The molecule has 7 heteroatoms. The molecular weight excluding hydrogens is 304 g/mol. The molecule has 0 aliphatic heterocycles. The molecule has 0 aliphatic rings. The van der Waals surface area contributed by atoms with Crippen molar-refractivity contribution in [3.63, 3.8) is 0 Å². The van der Waals surface area contributed by atoms with Crippen molar-refractivity contribution >= 4 is 23.2 Å². The molecule has 0 aliphatic carbocycles. The summed E-state index contributed by atoms with van der Waals surface area (Å²) in [4.78, 5) is 24.3. The zero-order valence-electron chi connectivity index (χ0n) is 12.6. The van der Waals surface area contributed by atoms with E-state index in [2.05, 4.69) is 10.5 Å². The van der Waals surface area contributed by atoms with E-state index in [4.69, 9.17) is 9.63 Å². The number of aliphatic carboxylic acids is 1. The first-order chi connectivity index (χ1) is 10.4. The molecule has 0 bridgehead atoms. The summed E-state index contributed by atoms with van der Waals surface area (Å²) in [6, 6.07) is 3.12. The number of hydrogen-bond acceptors (Lipinski definition) is 5. The van der Waals surface area contributed by atoms with Gasteiger partial charge in [-0.3, -0.25) is 9.59 Å². The molecule has 2 unspecified atom stereocenters. The molecule has 2 heterocycles. The largest absolute Gasteiger partial charge is 0.481 e. The summed E-state index contributed by atoms with van der Waals surface area (Å²) in [5.74, 6) is -1.05. The van der Waals surface area contributed by atoms with E-state index in [1.165, 1.54) is 11.3 Å². The Balaban J connectivity index is 2.16. The Bertz CT molecular complexity index is 644. The predicted octanol–water partition coefficient (Wildman–Crippen LogP) is 2.79. The van der Waals surface area contributed by atoms with Crippen LogP contribution in [0.4, 0.5) is 0 Å². The van der Waals surface area contributed by atoms with Gasteiger partial charge in [0.15, 0.2) is 0 Å². The first-order valence-electron chi connectivity index (χ1n) is 6.88. The molecule has 2 N–H and O–H groups in total. The third-order valence-corrected chi connectivity index (χ3v) is 4.48. The first kappa shape index (κ1) is 16.2. The second-order valence-electron chi connectivity index (χ2n) is 5.13. The van der Waals surface area contributed by atoms with Crippen molar-refractivity contribution in [2.24, 2.45) is 0 Å². The van der Waals surface area contributed by atoms with E-state index in [9.17, 15) is 9.59 Å². The van der Waals surface area contributed by atoms with Gasteiger partial charge in [-0.15, -0.1) is 11.3 Å². The van der Waals surface area contributed by atoms with Crippen molar-refractivity contribution in [1.29, 1.82) is 0 Å². The van der Waals surface area contributed by atoms with E-state index in [1.807, 2.05) is 17.5 Å². The lowest BCUT2D eigenvalue weighted by Crippen LogP contribution is -2.33. The topological polar surface area (TPSA) is 92.4 Å². The predicted molar refractivity (Wildman–Crippen MR) is 81.8 cm³/mol. The fourth-order valence-corrected chi connectivity index (χ4v) is 3.20. The van der Waals surface area contributed by atoms with Crippen molar-refractivity contribution in [2.45, 2.75) is 39.2 Å². The van der Waals surface area contributed by atoms with E-state index in [-0.39, 0.29) is 12.3 Å². The highest BCUT2D eigenvalue weighted by Gasteiger charge is 2.26. The molecule has 0 saturated heterocycles. The monoisotopic (exact) mass is 322 g/mol.